The van der Waals surface area contributed by atoms with Crippen molar-refractivity contribution in [1.82, 2.24) is 15.3 Å². The summed E-state index contributed by atoms with van der Waals surface area (Å²) in [6.07, 6.45) is 10.3. The average molecular weight is 487 g/mol. The third kappa shape index (κ3) is 6.17. The molecule has 3 aliphatic rings. The van der Waals surface area contributed by atoms with E-state index < -0.39 is 0 Å². The SMILES string of the molecule is O=C(Cc1ccc(OCCC2CC2C2CCN(c3ncc(Cl)cn3)CC2)cc1F)NCC1CC1. The number of nitrogens with zero attached hydrogens (tertiary/aromatic N) is 3. The van der Waals surface area contributed by atoms with Gasteiger partial charge in [-0.3, -0.25) is 4.79 Å². The largest absolute Gasteiger partial charge is 0.493 e. The fourth-order valence-electron chi connectivity index (χ4n) is 5.08. The number of anilines is 1. The van der Waals surface area contributed by atoms with Gasteiger partial charge in [0.05, 0.1) is 30.4 Å². The molecule has 2 heterocycles. The number of rotatable bonds is 10. The van der Waals surface area contributed by atoms with Crippen LogP contribution in [0, 0.1) is 29.5 Å². The zero-order valence-electron chi connectivity index (χ0n) is 19.4. The van der Waals surface area contributed by atoms with E-state index in [0.29, 0.717) is 41.3 Å². The van der Waals surface area contributed by atoms with Crippen LogP contribution in [0.5, 0.6) is 5.75 Å². The number of piperidine rings is 1. The zero-order chi connectivity index (χ0) is 23.5. The van der Waals surface area contributed by atoms with E-state index in [-0.39, 0.29) is 18.1 Å². The molecule has 182 valence electrons. The third-order valence-corrected chi connectivity index (χ3v) is 7.62. The van der Waals surface area contributed by atoms with Crippen LogP contribution in [0.15, 0.2) is 30.6 Å². The molecule has 2 unspecified atom stereocenters. The topological polar surface area (TPSA) is 67.3 Å². The summed E-state index contributed by atoms with van der Waals surface area (Å²) < 4.78 is 20.2. The molecule has 34 heavy (non-hydrogen) atoms. The van der Waals surface area contributed by atoms with Crippen LogP contribution < -0.4 is 15.0 Å². The molecule has 1 amide bonds. The van der Waals surface area contributed by atoms with E-state index >= 15 is 0 Å². The Hall–Kier alpha value is -2.41. The summed E-state index contributed by atoms with van der Waals surface area (Å²) in [7, 11) is 0. The van der Waals surface area contributed by atoms with E-state index in [1.807, 2.05) is 0 Å². The number of nitrogens with one attached hydrogen (secondary N) is 1. The standard InChI is InChI=1S/C26H32ClFN4O2/c27-21-15-30-26(31-16-21)32-8-5-18(6-9-32)23-11-19(23)7-10-34-22-4-3-20(24(28)13-22)12-25(33)29-14-17-1-2-17/h3-4,13,15-19,23H,1-2,5-12,14H2,(H,29,33). The Morgan fingerprint density at radius 3 is 2.65 bits per heavy atom. The van der Waals surface area contributed by atoms with Crippen molar-refractivity contribution in [2.24, 2.45) is 23.7 Å². The molecular formula is C26H32ClFN4O2. The van der Waals surface area contributed by atoms with E-state index in [4.69, 9.17) is 16.3 Å². The summed E-state index contributed by atoms with van der Waals surface area (Å²) in [6.45, 7) is 3.27. The number of aromatic nitrogens is 2. The van der Waals surface area contributed by atoms with Crippen molar-refractivity contribution in [3.63, 3.8) is 0 Å². The Morgan fingerprint density at radius 1 is 1.18 bits per heavy atom. The lowest BCUT2D eigenvalue weighted by atomic mass is 9.90. The van der Waals surface area contributed by atoms with Crippen molar-refractivity contribution in [2.45, 2.75) is 44.9 Å². The van der Waals surface area contributed by atoms with Crippen LogP contribution in [-0.4, -0.2) is 42.1 Å². The molecule has 1 aromatic heterocycles. The predicted octanol–water partition coefficient (Wildman–Crippen LogP) is 4.66. The molecule has 6 nitrogen and oxygen atoms in total. The second kappa shape index (κ2) is 10.5. The molecule has 0 bridgehead atoms. The molecule has 2 atom stereocenters. The first kappa shape index (κ1) is 23.3. The highest BCUT2D eigenvalue weighted by atomic mass is 35.5. The molecule has 3 fully saturated rings. The Balaban J connectivity index is 1.00. The second-order valence-electron chi connectivity index (χ2n) is 10.00. The molecule has 2 aromatic rings. The number of amides is 1. The molecular weight excluding hydrogens is 455 g/mol. The zero-order valence-corrected chi connectivity index (χ0v) is 20.1. The van der Waals surface area contributed by atoms with E-state index in [2.05, 4.69) is 20.2 Å². The Kier molecular flexibility index (Phi) is 7.18. The second-order valence-corrected chi connectivity index (χ2v) is 10.4. The molecule has 8 heteroatoms. The molecule has 2 saturated carbocycles. The van der Waals surface area contributed by atoms with E-state index in [0.717, 1.165) is 50.1 Å². The predicted molar refractivity (Wildman–Crippen MR) is 130 cm³/mol. The Bertz CT molecular complexity index is 993. The van der Waals surface area contributed by atoms with Gasteiger partial charge in [0.25, 0.3) is 0 Å². The van der Waals surface area contributed by atoms with Crippen LogP contribution in [0.4, 0.5) is 10.3 Å². The third-order valence-electron chi connectivity index (χ3n) is 7.43. The lowest BCUT2D eigenvalue weighted by Crippen LogP contribution is -2.35. The first-order chi connectivity index (χ1) is 16.5. The van der Waals surface area contributed by atoms with Gasteiger partial charge in [0.15, 0.2) is 0 Å². The molecule has 1 aliphatic heterocycles. The highest BCUT2D eigenvalue weighted by Crippen LogP contribution is 2.49. The number of halogens is 2. The van der Waals surface area contributed by atoms with Gasteiger partial charge in [-0.1, -0.05) is 17.7 Å². The lowest BCUT2D eigenvalue weighted by Gasteiger charge is -2.32. The molecule has 0 spiro atoms. The maximum Gasteiger partial charge on any atom is 0.225 e. The number of carbonyl (C=O) groups is 1. The van der Waals surface area contributed by atoms with E-state index in [9.17, 15) is 9.18 Å². The summed E-state index contributed by atoms with van der Waals surface area (Å²) in [5, 5.41) is 3.44. The van der Waals surface area contributed by atoms with Gasteiger partial charge in [-0.2, -0.15) is 0 Å². The molecule has 1 aromatic carbocycles. The van der Waals surface area contributed by atoms with Gasteiger partial charge < -0.3 is 15.0 Å². The monoisotopic (exact) mass is 486 g/mol. The van der Waals surface area contributed by atoms with Gasteiger partial charge in [-0.15, -0.1) is 0 Å². The summed E-state index contributed by atoms with van der Waals surface area (Å²) in [5.74, 6) is 3.64. The molecule has 0 radical (unpaired) electrons. The maximum atomic E-state index is 14.4. The molecule has 1 N–H and O–H groups in total. The fraction of sp³-hybridized carbons (Fsp3) is 0.577. The fourth-order valence-corrected chi connectivity index (χ4v) is 5.18. The van der Waals surface area contributed by atoms with Crippen LogP contribution >= 0.6 is 11.6 Å². The van der Waals surface area contributed by atoms with Crippen LogP contribution in [0.2, 0.25) is 5.02 Å². The number of ether oxygens (including phenoxy) is 1. The van der Waals surface area contributed by atoms with Crippen LogP contribution in [0.25, 0.3) is 0 Å². The van der Waals surface area contributed by atoms with E-state index in [1.165, 1.54) is 25.3 Å². The average Bonchev–Trinajstić information content (AvgIpc) is 3.76. The van der Waals surface area contributed by atoms with Crippen molar-refractivity contribution in [2.75, 3.05) is 31.1 Å². The van der Waals surface area contributed by atoms with Gasteiger partial charge in [-0.25, -0.2) is 14.4 Å². The van der Waals surface area contributed by atoms with Gasteiger partial charge in [0.2, 0.25) is 11.9 Å². The Labute approximate surface area is 205 Å². The van der Waals surface area contributed by atoms with Crippen molar-refractivity contribution in [3.05, 3.63) is 47.0 Å². The van der Waals surface area contributed by atoms with Crippen LogP contribution in [0.1, 0.15) is 44.1 Å². The first-order valence-electron chi connectivity index (χ1n) is 12.5. The summed E-state index contributed by atoms with van der Waals surface area (Å²) in [5.41, 5.74) is 0.415. The maximum absolute atomic E-state index is 14.4. The number of hydrogen-bond acceptors (Lipinski definition) is 5. The van der Waals surface area contributed by atoms with Crippen LogP contribution in [-0.2, 0) is 11.2 Å². The minimum Gasteiger partial charge on any atom is -0.493 e. The molecule has 2 aliphatic carbocycles. The number of carbonyl (C=O) groups excluding carboxylic acids is 1. The Morgan fingerprint density at radius 2 is 1.94 bits per heavy atom. The molecule has 1 saturated heterocycles. The van der Waals surface area contributed by atoms with Gasteiger partial charge in [-0.05, 0) is 73.8 Å². The minimum atomic E-state index is -0.375. The number of hydrogen-bond donors (Lipinski definition) is 1. The van der Waals surface area contributed by atoms with Crippen molar-refractivity contribution >= 4 is 23.5 Å². The minimum absolute atomic E-state index is 0.0749. The van der Waals surface area contributed by atoms with Gasteiger partial charge in [0.1, 0.15) is 11.6 Å². The molecule has 5 rings (SSSR count). The van der Waals surface area contributed by atoms with Gasteiger partial charge >= 0.3 is 0 Å². The smallest absolute Gasteiger partial charge is 0.225 e. The highest BCUT2D eigenvalue weighted by Gasteiger charge is 2.43. The number of benzene rings is 1. The van der Waals surface area contributed by atoms with Crippen molar-refractivity contribution in [3.8, 4) is 5.75 Å². The summed E-state index contributed by atoms with van der Waals surface area (Å²) in [6, 6.07) is 4.84. The first-order valence-corrected chi connectivity index (χ1v) is 12.8. The van der Waals surface area contributed by atoms with E-state index in [1.54, 1.807) is 24.5 Å². The van der Waals surface area contributed by atoms with Gasteiger partial charge in [0, 0.05) is 25.7 Å². The summed E-state index contributed by atoms with van der Waals surface area (Å²) >= 11 is 5.89. The highest BCUT2D eigenvalue weighted by molar-refractivity contribution is 6.30. The van der Waals surface area contributed by atoms with Crippen LogP contribution in [0.3, 0.4) is 0 Å². The van der Waals surface area contributed by atoms with Crippen molar-refractivity contribution in [1.29, 1.82) is 0 Å². The quantitative estimate of drug-likeness (QED) is 0.529. The normalized spacial score (nSPS) is 22.5. The lowest BCUT2D eigenvalue weighted by molar-refractivity contribution is -0.120. The van der Waals surface area contributed by atoms with Crippen molar-refractivity contribution < 1.29 is 13.9 Å². The summed E-state index contributed by atoms with van der Waals surface area (Å²) in [4.78, 5) is 22.9.